The van der Waals surface area contributed by atoms with Gasteiger partial charge in [0.15, 0.2) is 0 Å². The minimum Gasteiger partial charge on any atom is -0.496 e. The van der Waals surface area contributed by atoms with Crippen LogP contribution in [0.2, 0.25) is 0 Å². The number of nitrogens with one attached hydrogen (secondary N) is 1. The Kier molecular flexibility index (Phi) is 5.86. The second-order valence-electron chi connectivity index (χ2n) is 7.06. The van der Waals surface area contributed by atoms with Crippen LogP contribution < -0.4 is 15.0 Å². The van der Waals surface area contributed by atoms with E-state index in [0.29, 0.717) is 24.3 Å². The molecule has 0 unspecified atom stereocenters. The molecule has 30 heavy (non-hydrogen) atoms. The number of hydrogen-bond acceptors (Lipinski definition) is 3. The Morgan fingerprint density at radius 3 is 2.57 bits per heavy atom. The lowest BCUT2D eigenvalue weighted by atomic mass is 10.1. The van der Waals surface area contributed by atoms with Crippen molar-refractivity contribution < 1.29 is 14.3 Å². The summed E-state index contributed by atoms with van der Waals surface area (Å²) in [4.78, 5) is 28.0. The molecule has 1 aliphatic rings. The van der Waals surface area contributed by atoms with E-state index in [0.717, 1.165) is 21.3 Å². The minimum absolute atomic E-state index is 0.180. The van der Waals surface area contributed by atoms with Crippen LogP contribution in [0, 0.1) is 0 Å². The predicted molar refractivity (Wildman–Crippen MR) is 120 cm³/mol. The van der Waals surface area contributed by atoms with Crippen LogP contribution >= 0.6 is 15.9 Å². The average Bonchev–Trinajstić information content (AvgIpc) is 3.17. The molecule has 5 nitrogen and oxygen atoms in total. The van der Waals surface area contributed by atoms with Crippen LogP contribution in [-0.2, 0) is 17.8 Å². The number of hydrogen-bond donors (Lipinski definition) is 1. The summed E-state index contributed by atoms with van der Waals surface area (Å²) in [6, 6.07) is 21.8. The van der Waals surface area contributed by atoms with Gasteiger partial charge in [-0.15, -0.1) is 0 Å². The SMILES string of the molecule is COc1ccc(Br)cc1CNC(=O)[C@@H]1Cc2ccccc2N1C(=O)c1ccccc1. The zero-order valence-corrected chi connectivity index (χ0v) is 18.1. The van der Waals surface area contributed by atoms with Crippen molar-refractivity contribution in [3.05, 3.63) is 94.0 Å². The Hall–Kier alpha value is -3.12. The summed E-state index contributed by atoms with van der Waals surface area (Å²) < 4.78 is 6.29. The highest BCUT2D eigenvalue weighted by Crippen LogP contribution is 2.33. The van der Waals surface area contributed by atoms with Gasteiger partial charge >= 0.3 is 0 Å². The van der Waals surface area contributed by atoms with E-state index in [1.165, 1.54) is 0 Å². The van der Waals surface area contributed by atoms with Crippen LogP contribution in [0.1, 0.15) is 21.5 Å². The number of ether oxygens (including phenoxy) is 1. The molecular formula is C24H21BrN2O3. The van der Waals surface area contributed by atoms with E-state index < -0.39 is 6.04 Å². The van der Waals surface area contributed by atoms with Gasteiger partial charge in [0.05, 0.1) is 7.11 Å². The molecule has 1 atom stereocenters. The molecular weight excluding hydrogens is 444 g/mol. The van der Waals surface area contributed by atoms with E-state index in [1.807, 2.05) is 60.7 Å². The molecule has 0 saturated carbocycles. The summed E-state index contributed by atoms with van der Waals surface area (Å²) in [6.07, 6.45) is 0.482. The largest absolute Gasteiger partial charge is 0.496 e. The van der Waals surface area contributed by atoms with Crippen molar-refractivity contribution in [2.24, 2.45) is 0 Å². The van der Waals surface area contributed by atoms with Crippen molar-refractivity contribution in [3.8, 4) is 5.75 Å². The van der Waals surface area contributed by atoms with Crippen molar-refractivity contribution >= 4 is 33.4 Å². The van der Waals surface area contributed by atoms with Gasteiger partial charge in [-0.25, -0.2) is 0 Å². The highest BCUT2D eigenvalue weighted by molar-refractivity contribution is 9.10. The number of halogens is 1. The fourth-order valence-electron chi connectivity index (χ4n) is 3.75. The third-order valence-corrected chi connectivity index (χ3v) is 5.71. The number of para-hydroxylation sites is 1. The Morgan fingerprint density at radius 1 is 1.07 bits per heavy atom. The Bertz CT molecular complexity index is 1080. The molecule has 152 valence electrons. The van der Waals surface area contributed by atoms with Crippen LogP contribution in [0.3, 0.4) is 0 Å². The first-order valence-corrected chi connectivity index (χ1v) is 10.4. The van der Waals surface area contributed by atoms with Gasteiger partial charge in [-0.2, -0.15) is 0 Å². The van der Waals surface area contributed by atoms with E-state index in [4.69, 9.17) is 4.74 Å². The van der Waals surface area contributed by atoms with E-state index >= 15 is 0 Å². The lowest BCUT2D eigenvalue weighted by Crippen LogP contribution is -2.48. The van der Waals surface area contributed by atoms with Crippen LogP contribution in [0.5, 0.6) is 5.75 Å². The standard InChI is InChI=1S/C24H21BrN2O3/c1-30-22-12-11-19(25)13-18(22)15-26-23(28)21-14-17-9-5-6-10-20(17)27(21)24(29)16-7-3-2-4-8-16/h2-13,21H,14-15H2,1H3,(H,26,28)/t21-/m0/s1. The maximum Gasteiger partial charge on any atom is 0.259 e. The molecule has 1 N–H and O–H groups in total. The van der Waals surface area contributed by atoms with Gasteiger partial charge < -0.3 is 10.1 Å². The maximum absolute atomic E-state index is 13.3. The van der Waals surface area contributed by atoms with Crippen LogP contribution in [0.25, 0.3) is 0 Å². The zero-order chi connectivity index (χ0) is 21.1. The summed E-state index contributed by atoms with van der Waals surface area (Å²) >= 11 is 3.45. The molecule has 3 aromatic rings. The number of nitrogens with zero attached hydrogens (tertiary/aromatic N) is 1. The van der Waals surface area contributed by atoms with E-state index in [2.05, 4.69) is 21.2 Å². The quantitative estimate of drug-likeness (QED) is 0.610. The van der Waals surface area contributed by atoms with Crippen molar-refractivity contribution in [2.75, 3.05) is 12.0 Å². The van der Waals surface area contributed by atoms with Gasteiger partial charge in [0.25, 0.3) is 5.91 Å². The first-order chi connectivity index (χ1) is 14.6. The van der Waals surface area contributed by atoms with Crippen molar-refractivity contribution in [3.63, 3.8) is 0 Å². The Labute approximate surface area is 183 Å². The fraction of sp³-hybridized carbons (Fsp3) is 0.167. The van der Waals surface area contributed by atoms with E-state index in [-0.39, 0.29) is 11.8 Å². The lowest BCUT2D eigenvalue weighted by molar-refractivity contribution is -0.122. The number of benzene rings is 3. The highest BCUT2D eigenvalue weighted by Gasteiger charge is 2.38. The molecule has 0 saturated heterocycles. The van der Waals surface area contributed by atoms with Gasteiger partial charge in [0.1, 0.15) is 11.8 Å². The normalized spacial score (nSPS) is 14.9. The Balaban J connectivity index is 1.58. The predicted octanol–water partition coefficient (Wildman–Crippen LogP) is 4.35. The molecule has 0 bridgehead atoms. The van der Waals surface area contributed by atoms with Gasteiger partial charge in [0, 0.05) is 34.3 Å². The number of fused-ring (bicyclic) bond motifs is 1. The number of carbonyl (C=O) groups excluding carboxylic acids is 2. The first kappa shape index (κ1) is 20.2. The first-order valence-electron chi connectivity index (χ1n) is 9.65. The van der Waals surface area contributed by atoms with E-state index in [9.17, 15) is 9.59 Å². The van der Waals surface area contributed by atoms with Gasteiger partial charge in [-0.05, 0) is 42.0 Å². The number of rotatable bonds is 5. The summed E-state index contributed by atoms with van der Waals surface area (Å²) in [5.74, 6) is 0.323. The van der Waals surface area contributed by atoms with Gasteiger partial charge in [-0.3, -0.25) is 14.5 Å². The van der Waals surface area contributed by atoms with Crippen LogP contribution in [0.15, 0.2) is 77.3 Å². The van der Waals surface area contributed by atoms with E-state index in [1.54, 1.807) is 24.1 Å². The summed E-state index contributed by atoms with van der Waals surface area (Å²) in [5, 5.41) is 2.98. The summed E-state index contributed by atoms with van der Waals surface area (Å²) in [6.45, 7) is 0.307. The molecule has 3 aromatic carbocycles. The molecule has 0 spiro atoms. The van der Waals surface area contributed by atoms with Gasteiger partial charge in [0.2, 0.25) is 5.91 Å². The molecule has 1 heterocycles. The second-order valence-corrected chi connectivity index (χ2v) is 7.98. The zero-order valence-electron chi connectivity index (χ0n) is 16.5. The third kappa shape index (κ3) is 3.96. The topological polar surface area (TPSA) is 58.6 Å². The average molecular weight is 465 g/mol. The Morgan fingerprint density at radius 2 is 1.80 bits per heavy atom. The molecule has 2 amide bonds. The molecule has 0 radical (unpaired) electrons. The molecule has 0 fully saturated rings. The molecule has 0 aromatic heterocycles. The summed E-state index contributed by atoms with van der Waals surface area (Å²) in [7, 11) is 1.60. The third-order valence-electron chi connectivity index (χ3n) is 5.21. The van der Waals surface area contributed by atoms with Crippen LogP contribution in [-0.4, -0.2) is 25.0 Å². The van der Waals surface area contributed by atoms with Crippen LogP contribution in [0.4, 0.5) is 5.69 Å². The monoisotopic (exact) mass is 464 g/mol. The fourth-order valence-corrected chi connectivity index (χ4v) is 4.16. The van der Waals surface area contributed by atoms with Crippen molar-refractivity contribution in [1.82, 2.24) is 5.32 Å². The smallest absolute Gasteiger partial charge is 0.259 e. The second kappa shape index (κ2) is 8.71. The highest BCUT2D eigenvalue weighted by atomic mass is 79.9. The maximum atomic E-state index is 13.3. The molecule has 6 heteroatoms. The summed E-state index contributed by atoms with van der Waals surface area (Å²) in [5.41, 5.74) is 3.19. The van der Waals surface area contributed by atoms with Gasteiger partial charge in [-0.1, -0.05) is 52.3 Å². The lowest BCUT2D eigenvalue weighted by Gasteiger charge is -2.25. The van der Waals surface area contributed by atoms with Crippen molar-refractivity contribution in [1.29, 1.82) is 0 Å². The molecule has 0 aliphatic carbocycles. The number of amides is 2. The molecule has 1 aliphatic heterocycles. The van der Waals surface area contributed by atoms with Crippen molar-refractivity contribution in [2.45, 2.75) is 19.0 Å². The number of methoxy groups -OCH3 is 1. The molecule has 4 rings (SSSR count). The minimum atomic E-state index is -0.603. The number of carbonyl (C=O) groups is 2. The number of anilines is 1.